The Balaban J connectivity index is 2.64. The molecule has 1 aromatic heterocycles. The third-order valence-electron chi connectivity index (χ3n) is 2.75. The Morgan fingerprint density at radius 3 is 2.63 bits per heavy atom. The number of benzene rings is 1. The number of nitrogens with one attached hydrogen (secondary N) is 1. The molecule has 102 valence electrons. The Morgan fingerprint density at radius 2 is 2.05 bits per heavy atom. The molecule has 6 heteroatoms. The number of rotatable bonds is 2. The minimum Gasteiger partial charge on any atom is -0.494 e. The highest BCUT2D eigenvalue weighted by atomic mass is 32.1. The molecule has 1 N–H and O–H groups in total. The maximum Gasteiger partial charge on any atom is 0.195 e. The maximum absolute atomic E-state index is 13.4. The van der Waals surface area contributed by atoms with Gasteiger partial charge in [-0.1, -0.05) is 0 Å². The molecule has 0 aliphatic rings. The first-order chi connectivity index (χ1) is 8.84. The van der Waals surface area contributed by atoms with E-state index in [1.165, 1.54) is 13.2 Å². The van der Waals surface area contributed by atoms with Gasteiger partial charge in [0.05, 0.1) is 7.11 Å². The molecular weight excluding hydrogens is 265 g/mol. The van der Waals surface area contributed by atoms with Crippen molar-refractivity contribution in [3.8, 4) is 17.1 Å². The normalized spacial score (nSPS) is 11.6. The fourth-order valence-electron chi connectivity index (χ4n) is 1.91. The van der Waals surface area contributed by atoms with Crippen LogP contribution in [-0.2, 0) is 5.54 Å². The van der Waals surface area contributed by atoms with E-state index in [4.69, 9.17) is 17.0 Å². The number of hydrogen-bond acceptors (Lipinski definition) is 3. The number of halogens is 1. The summed E-state index contributed by atoms with van der Waals surface area (Å²) in [7, 11) is 1.43. The second-order valence-corrected chi connectivity index (χ2v) is 5.59. The molecule has 0 aliphatic heterocycles. The van der Waals surface area contributed by atoms with Crippen molar-refractivity contribution < 1.29 is 9.13 Å². The summed E-state index contributed by atoms with van der Waals surface area (Å²) in [6.45, 7) is 6.09. The van der Waals surface area contributed by atoms with E-state index in [9.17, 15) is 4.39 Å². The second-order valence-electron chi connectivity index (χ2n) is 5.21. The number of ether oxygens (including phenoxy) is 1. The fourth-order valence-corrected chi connectivity index (χ4v) is 2.32. The Hall–Kier alpha value is -1.69. The SMILES string of the molecule is COc1cc(-c2n[nH]c(=S)n2C(C)(C)C)ccc1F. The van der Waals surface area contributed by atoms with Gasteiger partial charge in [0, 0.05) is 11.1 Å². The lowest BCUT2D eigenvalue weighted by molar-refractivity contribution is 0.385. The highest BCUT2D eigenvalue weighted by molar-refractivity contribution is 7.71. The second kappa shape index (κ2) is 4.77. The van der Waals surface area contributed by atoms with Crippen LogP contribution in [0.3, 0.4) is 0 Å². The van der Waals surface area contributed by atoms with E-state index in [1.54, 1.807) is 12.1 Å². The van der Waals surface area contributed by atoms with Crippen LogP contribution in [-0.4, -0.2) is 21.9 Å². The van der Waals surface area contributed by atoms with Crippen LogP contribution >= 0.6 is 12.2 Å². The lowest BCUT2D eigenvalue weighted by atomic mass is 10.1. The number of aromatic nitrogens is 3. The molecule has 0 radical (unpaired) electrons. The minimum atomic E-state index is -0.400. The van der Waals surface area contributed by atoms with Gasteiger partial charge in [-0.05, 0) is 51.2 Å². The van der Waals surface area contributed by atoms with Gasteiger partial charge in [0.15, 0.2) is 22.2 Å². The van der Waals surface area contributed by atoms with Crippen molar-refractivity contribution in [1.82, 2.24) is 14.8 Å². The van der Waals surface area contributed by atoms with Crippen molar-refractivity contribution in [3.05, 3.63) is 28.8 Å². The molecule has 2 aromatic rings. The van der Waals surface area contributed by atoms with Gasteiger partial charge in [-0.2, -0.15) is 5.10 Å². The average Bonchev–Trinajstić information content (AvgIpc) is 2.71. The first-order valence-electron chi connectivity index (χ1n) is 5.86. The van der Waals surface area contributed by atoms with Crippen LogP contribution in [0.2, 0.25) is 0 Å². The van der Waals surface area contributed by atoms with Crippen LogP contribution in [0.1, 0.15) is 20.8 Å². The summed E-state index contributed by atoms with van der Waals surface area (Å²) in [5.74, 6) is 0.449. The number of nitrogens with zero attached hydrogens (tertiary/aromatic N) is 2. The smallest absolute Gasteiger partial charge is 0.195 e. The monoisotopic (exact) mass is 281 g/mol. The van der Waals surface area contributed by atoms with E-state index >= 15 is 0 Å². The highest BCUT2D eigenvalue weighted by Gasteiger charge is 2.21. The van der Waals surface area contributed by atoms with Crippen LogP contribution in [0.25, 0.3) is 11.4 Å². The molecular formula is C13H16FN3OS. The van der Waals surface area contributed by atoms with Crippen molar-refractivity contribution in [2.75, 3.05) is 7.11 Å². The summed E-state index contributed by atoms with van der Waals surface area (Å²) in [6.07, 6.45) is 0. The van der Waals surface area contributed by atoms with Gasteiger partial charge in [0.2, 0.25) is 0 Å². The molecule has 0 bridgehead atoms. The first-order valence-corrected chi connectivity index (χ1v) is 6.27. The molecule has 0 atom stereocenters. The number of H-pyrrole nitrogens is 1. The summed E-state index contributed by atoms with van der Waals surface area (Å²) in [5, 5.41) is 7.00. The maximum atomic E-state index is 13.4. The molecule has 0 fully saturated rings. The lowest BCUT2D eigenvalue weighted by Gasteiger charge is -2.22. The van der Waals surface area contributed by atoms with Gasteiger partial charge >= 0.3 is 0 Å². The highest BCUT2D eigenvalue weighted by Crippen LogP contribution is 2.28. The Bertz CT molecular complexity index is 655. The van der Waals surface area contributed by atoms with Gasteiger partial charge in [-0.3, -0.25) is 9.67 Å². The summed E-state index contributed by atoms with van der Waals surface area (Å²) < 4.78 is 20.9. The molecule has 2 rings (SSSR count). The van der Waals surface area contributed by atoms with Gasteiger partial charge in [0.1, 0.15) is 0 Å². The molecule has 4 nitrogen and oxygen atoms in total. The summed E-state index contributed by atoms with van der Waals surface area (Å²) in [6, 6.07) is 4.63. The Labute approximate surface area is 116 Å². The third-order valence-corrected chi connectivity index (χ3v) is 3.03. The van der Waals surface area contributed by atoms with Crippen molar-refractivity contribution in [2.45, 2.75) is 26.3 Å². The number of hydrogen-bond donors (Lipinski definition) is 1. The predicted molar refractivity (Wildman–Crippen MR) is 74.4 cm³/mol. The fraction of sp³-hybridized carbons (Fsp3) is 0.385. The van der Waals surface area contributed by atoms with Gasteiger partial charge in [0.25, 0.3) is 0 Å². The van der Waals surface area contributed by atoms with E-state index in [1.807, 2.05) is 25.3 Å². The van der Waals surface area contributed by atoms with E-state index in [2.05, 4.69) is 10.2 Å². The van der Waals surface area contributed by atoms with Crippen molar-refractivity contribution in [1.29, 1.82) is 0 Å². The standard InChI is InChI=1S/C13H16FN3OS/c1-13(2,3)17-11(15-16-12(17)19)8-5-6-9(14)10(7-8)18-4/h5-7H,1-4H3,(H,16,19). The molecule has 0 saturated heterocycles. The lowest BCUT2D eigenvalue weighted by Crippen LogP contribution is -2.23. The summed E-state index contributed by atoms with van der Waals surface area (Å²) >= 11 is 5.25. The topological polar surface area (TPSA) is 42.8 Å². The predicted octanol–water partition coefficient (Wildman–Crippen LogP) is 3.51. The third kappa shape index (κ3) is 2.53. The Kier molecular flexibility index (Phi) is 3.45. The largest absolute Gasteiger partial charge is 0.494 e. The van der Waals surface area contributed by atoms with E-state index in [-0.39, 0.29) is 11.3 Å². The zero-order valence-corrected chi connectivity index (χ0v) is 12.1. The molecule has 0 saturated carbocycles. The van der Waals surface area contributed by atoms with Crippen LogP contribution in [0.4, 0.5) is 4.39 Å². The van der Waals surface area contributed by atoms with Gasteiger partial charge in [-0.15, -0.1) is 0 Å². The van der Waals surface area contributed by atoms with Crippen LogP contribution in [0.5, 0.6) is 5.75 Å². The zero-order chi connectivity index (χ0) is 14.2. The van der Waals surface area contributed by atoms with Crippen LogP contribution in [0.15, 0.2) is 18.2 Å². The van der Waals surface area contributed by atoms with E-state index < -0.39 is 5.82 Å². The minimum absolute atomic E-state index is 0.187. The van der Waals surface area contributed by atoms with Gasteiger partial charge in [-0.25, -0.2) is 4.39 Å². The quantitative estimate of drug-likeness (QED) is 0.857. The van der Waals surface area contributed by atoms with E-state index in [0.717, 1.165) is 5.56 Å². The molecule has 0 amide bonds. The molecule has 1 aromatic carbocycles. The average molecular weight is 281 g/mol. The summed E-state index contributed by atoms with van der Waals surface area (Å²) in [4.78, 5) is 0. The van der Waals surface area contributed by atoms with Crippen LogP contribution in [0, 0.1) is 10.6 Å². The van der Waals surface area contributed by atoms with Crippen LogP contribution < -0.4 is 4.74 Å². The molecule has 0 aliphatic carbocycles. The number of methoxy groups -OCH3 is 1. The molecule has 1 heterocycles. The zero-order valence-electron chi connectivity index (χ0n) is 11.3. The van der Waals surface area contributed by atoms with Gasteiger partial charge < -0.3 is 4.74 Å². The first kappa shape index (κ1) is 13.7. The van der Waals surface area contributed by atoms with Crippen molar-refractivity contribution in [3.63, 3.8) is 0 Å². The van der Waals surface area contributed by atoms with E-state index in [0.29, 0.717) is 10.6 Å². The number of aromatic amines is 1. The molecule has 0 unspecified atom stereocenters. The van der Waals surface area contributed by atoms with Crippen molar-refractivity contribution in [2.24, 2.45) is 0 Å². The summed E-state index contributed by atoms with van der Waals surface area (Å²) in [5.41, 5.74) is 0.529. The molecule has 19 heavy (non-hydrogen) atoms. The molecule has 0 spiro atoms. The van der Waals surface area contributed by atoms with Crippen molar-refractivity contribution >= 4 is 12.2 Å². The Morgan fingerprint density at radius 1 is 1.37 bits per heavy atom.